The molecule has 0 radical (unpaired) electrons. The van der Waals surface area contributed by atoms with Gasteiger partial charge in [-0.1, -0.05) is 30.3 Å². The number of piperazine rings is 1. The molecule has 1 amide bonds. The number of hydrogen-bond acceptors (Lipinski definition) is 4. The number of amides is 1. The van der Waals surface area contributed by atoms with Gasteiger partial charge in [-0.05, 0) is 26.3 Å². The van der Waals surface area contributed by atoms with Crippen molar-refractivity contribution in [1.82, 2.24) is 9.80 Å². The van der Waals surface area contributed by atoms with E-state index in [9.17, 15) is 9.59 Å². The number of likely N-dealkylation sites (tertiary alicyclic amines) is 1. The molecule has 2 aliphatic rings. The Morgan fingerprint density at radius 3 is 2.52 bits per heavy atom. The molecule has 0 unspecified atom stereocenters. The van der Waals surface area contributed by atoms with Gasteiger partial charge in [-0.3, -0.25) is 14.6 Å². The molecule has 2 atom stereocenters. The zero-order valence-corrected chi connectivity index (χ0v) is 14.0. The Labute approximate surface area is 137 Å². The predicted octanol–water partition coefficient (Wildman–Crippen LogP) is 2.45. The summed E-state index contributed by atoms with van der Waals surface area (Å²) in [4.78, 5) is 28.6. The Morgan fingerprint density at radius 1 is 1.22 bits per heavy atom. The molecule has 5 heteroatoms. The molecule has 124 valence electrons. The van der Waals surface area contributed by atoms with E-state index in [4.69, 9.17) is 4.74 Å². The van der Waals surface area contributed by atoms with E-state index in [1.807, 2.05) is 39.0 Å². The van der Waals surface area contributed by atoms with E-state index in [-0.39, 0.29) is 24.0 Å². The molecule has 1 aromatic carbocycles. The van der Waals surface area contributed by atoms with Crippen molar-refractivity contribution in [3.8, 4) is 0 Å². The van der Waals surface area contributed by atoms with Crippen LogP contribution in [0.2, 0.25) is 0 Å². The van der Waals surface area contributed by atoms with Crippen molar-refractivity contribution < 1.29 is 14.3 Å². The van der Waals surface area contributed by atoms with Crippen molar-refractivity contribution in [3.05, 3.63) is 35.9 Å². The Kier molecular flexibility index (Phi) is 4.15. The van der Waals surface area contributed by atoms with Crippen LogP contribution >= 0.6 is 0 Å². The monoisotopic (exact) mass is 316 g/mol. The minimum absolute atomic E-state index is 0.0696. The molecule has 2 aliphatic heterocycles. The van der Waals surface area contributed by atoms with Gasteiger partial charge in [0.1, 0.15) is 11.6 Å². The minimum atomic E-state index is -0.541. The summed E-state index contributed by atoms with van der Waals surface area (Å²) in [5, 5.41) is 0. The summed E-state index contributed by atoms with van der Waals surface area (Å²) in [7, 11) is 0. The first-order valence-electron chi connectivity index (χ1n) is 8.14. The van der Waals surface area contributed by atoms with Crippen LogP contribution in [0.1, 0.15) is 32.8 Å². The number of ether oxygens (including phenoxy) is 1. The van der Waals surface area contributed by atoms with E-state index in [0.717, 1.165) is 13.1 Å². The number of carbonyl (C=O) groups is 2. The maximum Gasteiger partial charge on any atom is 0.411 e. The Balaban J connectivity index is 1.69. The van der Waals surface area contributed by atoms with Gasteiger partial charge >= 0.3 is 6.09 Å². The van der Waals surface area contributed by atoms with Gasteiger partial charge in [-0.2, -0.15) is 0 Å². The van der Waals surface area contributed by atoms with E-state index in [1.165, 1.54) is 5.56 Å². The van der Waals surface area contributed by atoms with Crippen molar-refractivity contribution in [2.24, 2.45) is 0 Å². The molecule has 0 saturated carbocycles. The number of fused-ring (bicyclic) bond motifs is 2. The fraction of sp³-hybridized carbons (Fsp3) is 0.556. The summed E-state index contributed by atoms with van der Waals surface area (Å²) >= 11 is 0. The Bertz CT molecular complexity index is 594. The highest BCUT2D eigenvalue weighted by molar-refractivity contribution is 5.92. The average Bonchev–Trinajstić information content (AvgIpc) is 2.65. The van der Waals surface area contributed by atoms with E-state index in [1.54, 1.807) is 4.90 Å². The third kappa shape index (κ3) is 3.55. The lowest BCUT2D eigenvalue weighted by atomic mass is 10.1. The molecule has 5 nitrogen and oxygen atoms in total. The second kappa shape index (κ2) is 5.96. The number of ketones is 1. The largest absolute Gasteiger partial charge is 0.444 e. The second-order valence-corrected chi connectivity index (χ2v) is 7.41. The van der Waals surface area contributed by atoms with Gasteiger partial charge in [0, 0.05) is 26.1 Å². The van der Waals surface area contributed by atoms with Crippen LogP contribution in [0.4, 0.5) is 4.79 Å². The zero-order chi connectivity index (χ0) is 16.6. The highest BCUT2D eigenvalue weighted by Crippen LogP contribution is 2.30. The van der Waals surface area contributed by atoms with Gasteiger partial charge in [0.05, 0.1) is 6.04 Å². The van der Waals surface area contributed by atoms with Crippen LogP contribution in [0.5, 0.6) is 0 Å². The lowest BCUT2D eigenvalue weighted by molar-refractivity contribution is -0.120. The molecular formula is C18H24N2O3. The lowest BCUT2D eigenvalue weighted by Gasteiger charge is -2.40. The van der Waals surface area contributed by atoms with Crippen molar-refractivity contribution in [3.63, 3.8) is 0 Å². The molecule has 2 fully saturated rings. The summed E-state index contributed by atoms with van der Waals surface area (Å²) < 4.78 is 5.48. The maximum atomic E-state index is 12.4. The second-order valence-electron chi connectivity index (χ2n) is 7.41. The molecule has 2 heterocycles. The molecular weight excluding hydrogens is 292 g/mol. The number of hydrogen-bond donors (Lipinski definition) is 0. The van der Waals surface area contributed by atoms with Gasteiger partial charge in [-0.15, -0.1) is 0 Å². The summed E-state index contributed by atoms with van der Waals surface area (Å²) in [5.74, 6) is 0.149. The zero-order valence-electron chi connectivity index (χ0n) is 14.0. The van der Waals surface area contributed by atoms with Crippen molar-refractivity contribution >= 4 is 11.9 Å². The van der Waals surface area contributed by atoms with Crippen LogP contribution in [-0.4, -0.2) is 52.5 Å². The molecule has 23 heavy (non-hydrogen) atoms. The standard InChI is InChI=1S/C18H24N2O3/c1-18(2,3)23-17(22)20-14-9-16(21)15(20)12-19(11-14)10-13-7-5-4-6-8-13/h4-8,14-15H,9-12H2,1-3H3/t14-,15-/m0/s1. The fourth-order valence-electron chi connectivity index (χ4n) is 3.40. The number of carbonyl (C=O) groups excluding carboxylic acids is 2. The first kappa shape index (κ1) is 16.0. The predicted molar refractivity (Wildman–Crippen MR) is 87.0 cm³/mol. The van der Waals surface area contributed by atoms with Crippen LogP contribution in [0, 0.1) is 0 Å². The van der Waals surface area contributed by atoms with Gasteiger partial charge in [0.15, 0.2) is 5.78 Å². The van der Waals surface area contributed by atoms with Crippen LogP contribution in [0.25, 0.3) is 0 Å². The highest BCUT2D eigenvalue weighted by atomic mass is 16.6. The SMILES string of the molecule is CC(C)(C)OC(=O)N1[C@H]2CC(=O)[C@@H]1CN(Cc1ccccc1)C2. The third-order valence-corrected chi connectivity index (χ3v) is 4.29. The van der Waals surface area contributed by atoms with Crippen molar-refractivity contribution in [2.45, 2.75) is 51.4 Å². The first-order chi connectivity index (χ1) is 10.8. The Hall–Kier alpha value is -1.88. The third-order valence-electron chi connectivity index (χ3n) is 4.29. The lowest BCUT2D eigenvalue weighted by Crippen LogP contribution is -2.57. The summed E-state index contributed by atoms with van der Waals surface area (Å²) in [6.07, 6.45) is 0.0765. The maximum absolute atomic E-state index is 12.4. The molecule has 0 N–H and O–H groups in total. The fourth-order valence-corrected chi connectivity index (χ4v) is 3.40. The molecule has 0 aromatic heterocycles. The summed E-state index contributed by atoms with van der Waals surface area (Å²) in [6, 6.07) is 9.77. The van der Waals surface area contributed by atoms with Crippen molar-refractivity contribution in [1.29, 1.82) is 0 Å². The number of benzene rings is 1. The van der Waals surface area contributed by atoms with Crippen LogP contribution < -0.4 is 0 Å². The molecule has 3 rings (SSSR count). The smallest absolute Gasteiger partial charge is 0.411 e. The van der Waals surface area contributed by atoms with Crippen LogP contribution in [-0.2, 0) is 16.1 Å². The summed E-state index contributed by atoms with van der Waals surface area (Å²) in [5.41, 5.74) is 0.686. The highest BCUT2D eigenvalue weighted by Gasteiger charge is 2.49. The van der Waals surface area contributed by atoms with Gasteiger partial charge in [-0.25, -0.2) is 4.79 Å². The topological polar surface area (TPSA) is 49.9 Å². The van der Waals surface area contributed by atoms with Gasteiger partial charge < -0.3 is 4.74 Å². The molecule has 1 aromatic rings. The van der Waals surface area contributed by atoms with Crippen LogP contribution in [0.15, 0.2) is 30.3 Å². The molecule has 2 saturated heterocycles. The Morgan fingerprint density at radius 2 is 1.91 bits per heavy atom. The number of rotatable bonds is 2. The number of Topliss-reactive ketones (excluding diaryl/α,β-unsaturated/α-hetero) is 1. The van der Waals surface area contributed by atoms with E-state index in [0.29, 0.717) is 13.0 Å². The molecule has 0 aliphatic carbocycles. The van der Waals surface area contributed by atoms with Gasteiger partial charge in [0.25, 0.3) is 0 Å². The normalized spacial score (nSPS) is 24.8. The van der Waals surface area contributed by atoms with E-state index < -0.39 is 5.60 Å². The van der Waals surface area contributed by atoms with Crippen molar-refractivity contribution in [2.75, 3.05) is 13.1 Å². The molecule has 0 spiro atoms. The quantitative estimate of drug-likeness (QED) is 0.841. The number of nitrogens with zero attached hydrogens (tertiary/aromatic N) is 2. The van der Waals surface area contributed by atoms with E-state index >= 15 is 0 Å². The average molecular weight is 316 g/mol. The van der Waals surface area contributed by atoms with Crippen LogP contribution in [0.3, 0.4) is 0 Å². The minimum Gasteiger partial charge on any atom is -0.444 e. The molecule has 2 bridgehead atoms. The summed E-state index contributed by atoms with van der Waals surface area (Å²) in [6.45, 7) is 7.66. The van der Waals surface area contributed by atoms with Gasteiger partial charge in [0.2, 0.25) is 0 Å². The van der Waals surface area contributed by atoms with E-state index in [2.05, 4.69) is 17.0 Å². The first-order valence-corrected chi connectivity index (χ1v) is 8.14.